The molecule has 2 aromatic heterocycles. The number of fused-ring (bicyclic) bond motifs is 1. The van der Waals surface area contributed by atoms with E-state index < -0.39 is 0 Å². The summed E-state index contributed by atoms with van der Waals surface area (Å²) < 4.78 is 0. The molecule has 0 atom stereocenters. The normalized spacial score (nSPS) is 11.2. The fraction of sp³-hybridized carbons (Fsp3) is 0.0833. The summed E-state index contributed by atoms with van der Waals surface area (Å²) in [4.78, 5) is 28.5. The predicted molar refractivity (Wildman–Crippen MR) is 139 cm³/mol. The number of anilines is 3. The number of nitrogens with zero attached hydrogens (tertiary/aromatic N) is 2. The number of hydrogen-bond donors (Lipinski definition) is 3. The van der Waals surface area contributed by atoms with Gasteiger partial charge in [0.05, 0.1) is 16.2 Å². The lowest BCUT2D eigenvalue weighted by Gasteiger charge is -2.12. The summed E-state index contributed by atoms with van der Waals surface area (Å²) >= 11 is 2.75. The van der Waals surface area contributed by atoms with E-state index in [0.717, 1.165) is 27.8 Å². The number of carbonyl (C=O) groups excluding carboxylic acids is 1. The van der Waals surface area contributed by atoms with Gasteiger partial charge in [-0.2, -0.15) is 0 Å². The first-order valence-corrected chi connectivity index (χ1v) is 12.2. The summed E-state index contributed by atoms with van der Waals surface area (Å²) in [5.41, 5.74) is 4.21. The monoisotopic (exact) mass is 475 g/mol. The number of hydrogen-bond acceptors (Lipinski definition) is 8. The summed E-state index contributed by atoms with van der Waals surface area (Å²) in [7, 11) is 0. The molecule has 0 spiro atoms. The third-order valence-corrected chi connectivity index (χ3v) is 6.42. The van der Waals surface area contributed by atoms with Crippen molar-refractivity contribution in [2.75, 3.05) is 22.2 Å². The first kappa shape index (κ1) is 22.5. The lowest BCUT2D eigenvalue weighted by Crippen LogP contribution is -2.13. The van der Waals surface area contributed by atoms with E-state index in [0.29, 0.717) is 22.1 Å². The van der Waals surface area contributed by atoms with Crippen LogP contribution in [0.15, 0.2) is 88.6 Å². The van der Waals surface area contributed by atoms with Crippen LogP contribution in [0.5, 0.6) is 0 Å². The average molecular weight is 476 g/mol. The lowest BCUT2D eigenvalue weighted by atomic mass is 10.1. The van der Waals surface area contributed by atoms with Gasteiger partial charge in [0.1, 0.15) is 11.1 Å². The minimum atomic E-state index is -0.195. The quantitative estimate of drug-likeness (QED) is 0.239. The van der Waals surface area contributed by atoms with Crippen LogP contribution < -0.4 is 16.0 Å². The number of pyridine rings is 1. The van der Waals surface area contributed by atoms with Gasteiger partial charge in [0.15, 0.2) is 0 Å². The van der Waals surface area contributed by atoms with E-state index in [1.165, 1.54) is 29.3 Å². The maximum Gasteiger partial charge on any atom is 0.267 e. The molecular formula is C24H21N5O2S2. The van der Waals surface area contributed by atoms with Gasteiger partial charge >= 0.3 is 0 Å². The number of nitroso groups, excluding NO2 is 1. The van der Waals surface area contributed by atoms with Crippen LogP contribution in [0.2, 0.25) is 0 Å². The van der Waals surface area contributed by atoms with Crippen LogP contribution in [0, 0.1) is 4.91 Å². The predicted octanol–water partition coefficient (Wildman–Crippen LogP) is 6.50. The van der Waals surface area contributed by atoms with Crippen LogP contribution >= 0.6 is 23.1 Å². The molecule has 2 heterocycles. The molecule has 166 valence electrons. The van der Waals surface area contributed by atoms with Gasteiger partial charge in [-0.1, -0.05) is 24.3 Å². The molecule has 0 saturated heterocycles. The highest BCUT2D eigenvalue weighted by Crippen LogP contribution is 2.26. The Kier molecular flexibility index (Phi) is 7.33. The van der Waals surface area contributed by atoms with E-state index in [4.69, 9.17) is 0 Å². The maximum atomic E-state index is 13.0. The van der Waals surface area contributed by atoms with Crippen molar-refractivity contribution < 1.29 is 4.79 Å². The highest BCUT2D eigenvalue weighted by molar-refractivity contribution is 8.02. The van der Waals surface area contributed by atoms with Gasteiger partial charge in [0.2, 0.25) is 0 Å². The zero-order chi connectivity index (χ0) is 23.0. The second-order valence-electron chi connectivity index (χ2n) is 6.97. The number of nitrogens with one attached hydrogen (secondary N) is 3. The summed E-state index contributed by atoms with van der Waals surface area (Å²) in [5, 5.41) is 15.8. The molecule has 1 amide bonds. The molecule has 0 aliphatic rings. The Bertz CT molecular complexity index is 1310. The summed E-state index contributed by atoms with van der Waals surface area (Å²) in [5.74, 6) is -0.195. The fourth-order valence-corrected chi connectivity index (χ4v) is 4.45. The topological polar surface area (TPSA) is 95.5 Å². The number of carbonyl (C=O) groups is 1. The Morgan fingerprint density at radius 1 is 1.09 bits per heavy atom. The van der Waals surface area contributed by atoms with Gasteiger partial charge in [-0.15, -0.1) is 28.0 Å². The number of amides is 1. The summed E-state index contributed by atoms with van der Waals surface area (Å²) in [6.07, 6.45) is 4.85. The van der Waals surface area contributed by atoms with Crippen LogP contribution in [-0.2, 0) is 6.54 Å². The van der Waals surface area contributed by atoms with Crippen molar-refractivity contribution in [1.29, 1.82) is 0 Å². The minimum Gasteiger partial charge on any atom is -0.380 e. The van der Waals surface area contributed by atoms with Gasteiger partial charge in [-0.3, -0.25) is 9.78 Å². The average Bonchev–Trinajstić information content (AvgIpc) is 3.31. The third-order valence-electron chi connectivity index (χ3n) is 4.86. The lowest BCUT2D eigenvalue weighted by molar-refractivity contribution is 0.103. The second kappa shape index (κ2) is 10.8. The number of thiophene rings is 1. The number of aromatic nitrogens is 1. The highest BCUT2D eigenvalue weighted by atomic mass is 32.2. The minimum absolute atomic E-state index is 0.195. The van der Waals surface area contributed by atoms with Crippen molar-refractivity contribution in [2.45, 2.75) is 6.54 Å². The number of para-hydroxylation sites is 1. The number of thioether (sulfide) groups is 1. The van der Waals surface area contributed by atoms with Gasteiger partial charge in [0, 0.05) is 29.5 Å². The first-order valence-electron chi connectivity index (χ1n) is 10.1. The Morgan fingerprint density at radius 2 is 1.91 bits per heavy atom. The molecule has 3 N–H and O–H groups in total. The Labute approximate surface area is 199 Å². The Balaban J connectivity index is 1.45. The number of rotatable bonds is 9. The van der Waals surface area contributed by atoms with Crippen LogP contribution in [0.1, 0.15) is 15.2 Å². The molecular weight excluding hydrogens is 454 g/mol. The molecule has 0 fully saturated rings. The molecule has 7 nitrogen and oxygen atoms in total. The van der Waals surface area contributed by atoms with E-state index in [2.05, 4.69) is 26.1 Å². The van der Waals surface area contributed by atoms with E-state index >= 15 is 0 Å². The van der Waals surface area contributed by atoms with Crippen molar-refractivity contribution in [1.82, 2.24) is 4.98 Å². The van der Waals surface area contributed by atoms with Crippen LogP contribution in [0.3, 0.4) is 0 Å². The largest absolute Gasteiger partial charge is 0.380 e. The smallest absolute Gasteiger partial charge is 0.267 e. The molecule has 4 rings (SSSR count). The van der Waals surface area contributed by atoms with E-state index in [9.17, 15) is 9.70 Å². The van der Waals surface area contributed by atoms with Crippen molar-refractivity contribution in [3.63, 3.8) is 0 Å². The van der Waals surface area contributed by atoms with Gasteiger partial charge in [-0.25, -0.2) is 0 Å². The molecule has 33 heavy (non-hydrogen) atoms. The van der Waals surface area contributed by atoms with Crippen molar-refractivity contribution in [3.05, 3.63) is 98.8 Å². The maximum absolute atomic E-state index is 13.0. The van der Waals surface area contributed by atoms with E-state index in [1.807, 2.05) is 66.2 Å². The van der Waals surface area contributed by atoms with Crippen molar-refractivity contribution in [3.8, 4) is 0 Å². The summed E-state index contributed by atoms with van der Waals surface area (Å²) in [6, 6.07) is 19.2. The Morgan fingerprint density at radius 3 is 2.73 bits per heavy atom. The van der Waals surface area contributed by atoms with Crippen LogP contribution in [0.25, 0.3) is 10.9 Å². The molecule has 0 aliphatic heterocycles. The van der Waals surface area contributed by atoms with Crippen molar-refractivity contribution >= 4 is 57.0 Å². The fourth-order valence-electron chi connectivity index (χ4n) is 3.31. The Hall–Kier alpha value is -3.69. The molecule has 2 aromatic carbocycles. The van der Waals surface area contributed by atoms with E-state index in [1.54, 1.807) is 12.3 Å². The van der Waals surface area contributed by atoms with Gasteiger partial charge in [-0.05, 0) is 58.8 Å². The van der Waals surface area contributed by atoms with Gasteiger partial charge < -0.3 is 16.0 Å². The molecule has 4 aromatic rings. The SMILES string of the molecule is CS/C(=C\N=O)Nc1cccc(NC(=O)c2sccc2NCc2ccnc3ccccc23)c1. The zero-order valence-electron chi connectivity index (χ0n) is 17.7. The molecule has 0 aliphatic carbocycles. The molecule has 0 radical (unpaired) electrons. The van der Waals surface area contributed by atoms with E-state index in [-0.39, 0.29) is 5.91 Å². The standard InChI is InChI=1S/C24H21N5O2S2/c1-32-22(15-27-31)28-17-5-4-6-18(13-17)29-24(30)23-21(10-12-33-23)26-14-16-9-11-25-20-8-3-2-7-19(16)20/h2-13,15,26,28H,14H2,1H3,(H,29,30)/b22-15-. The zero-order valence-corrected chi connectivity index (χ0v) is 19.4. The molecule has 0 bridgehead atoms. The molecule has 0 unspecified atom stereocenters. The summed E-state index contributed by atoms with van der Waals surface area (Å²) in [6.45, 7) is 0.577. The first-order chi connectivity index (χ1) is 16.2. The van der Waals surface area contributed by atoms with Gasteiger partial charge in [0.25, 0.3) is 5.91 Å². The van der Waals surface area contributed by atoms with Crippen molar-refractivity contribution in [2.24, 2.45) is 5.18 Å². The number of benzene rings is 2. The molecule has 9 heteroatoms. The van der Waals surface area contributed by atoms with Crippen LogP contribution in [-0.4, -0.2) is 17.1 Å². The molecule has 0 saturated carbocycles. The van der Waals surface area contributed by atoms with Crippen LogP contribution in [0.4, 0.5) is 17.1 Å². The highest BCUT2D eigenvalue weighted by Gasteiger charge is 2.14. The third kappa shape index (κ3) is 5.57. The second-order valence-corrected chi connectivity index (χ2v) is 8.73.